The van der Waals surface area contributed by atoms with Crippen molar-refractivity contribution in [3.05, 3.63) is 23.2 Å². The minimum absolute atomic E-state index is 0.00345. The molecule has 0 saturated carbocycles. The molecule has 1 heterocycles. The van der Waals surface area contributed by atoms with Crippen LogP contribution in [0.5, 0.6) is 0 Å². The minimum Gasteiger partial charge on any atom is -0.381 e. The molecule has 2 rings (SSSR count). The lowest BCUT2D eigenvalue weighted by Crippen LogP contribution is -2.20. The fourth-order valence-corrected chi connectivity index (χ4v) is 4.13. The van der Waals surface area contributed by atoms with Crippen molar-refractivity contribution in [3.8, 4) is 0 Å². The standard InChI is InChI=1S/C12H17ClN2O2S/c1-15(2)12-4-3-9(7-11(12)13)14-10-5-6-18(16,17)8-10/h3-4,7,10,14H,5-6,8H2,1-2H3. The molecule has 4 nitrogen and oxygen atoms in total. The van der Waals surface area contributed by atoms with E-state index in [1.807, 2.05) is 37.2 Å². The second-order valence-corrected chi connectivity index (χ2v) is 7.44. The molecule has 0 radical (unpaired) electrons. The van der Waals surface area contributed by atoms with Gasteiger partial charge >= 0.3 is 0 Å². The highest BCUT2D eigenvalue weighted by Crippen LogP contribution is 2.28. The number of anilines is 2. The summed E-state index contributed by atoms with van der Waals surface area (Å²) in [5, 5.41) is 3.88. The zero-order chi connectivity index (χ0) is 13.3. The maximum Gasteiger partial charge on any atom is 0.152 e. The Bertz CT molecular complexity index is 543. The van der Waals surface area contributed by atoms with Gasteiger partial charge in [0.05, 0.1) is 22.2 Å². The van der Waals surface area contributed by atoms with Crippen molar-refractivity contribution in [1.29, 1.82) is 0 Å². The lowest BCUT2D eigenvalue weighted by atomic mass is 10.2. The molecule has 1 aromatic carbocycles. The van der Waals surface area contributed by atoms with Crippen molar-refractivity contribution in [3.63, 3.8) is 0 Å². The van der Waals surface area contributed by atoms with Crippen molar-refractivity contribution in [2.24, 2.45) is 0 Å². The largest absolute Gasteiger partial charge is 0.381 e. The zero-order valence-corrected chi connectivity index (χ0v) is 12.1. The number of hydrogen-bond donors (Lipinski definition) is 1. The van der Waals surface area contributed by atoms with Crippen LogP contribution in [-0.2, 0) is 9.84 Å². The van der Waals surface area contributed by atoms with E-state index < -0.39 is 9.84 Å². The molecular weight excluding hydrogens is 272 g/mol. The first kappa shape index (κ1) is 13.5. The third-order valence-electron chi connectivity index (χ3n) is 3.03. The molecule has 1 saturated heterocycles. The molecule has 18 heavy (non-hydrogen) atoms. The molecule has 1 aliphatic rings. The van der Waals surface area contributed by atoms with E-state index in [4.69, 9.17) is 11.6 Å². The van der Waals surface area contributed by atoms with Gasteiger partial charge in [0.15, 0.2) is 9.84 Å². The van der Waals surface area contributed by atoms with Gasteiger partial charge in [0, 0.05) is 25.8 Å². The molecule has 0 aromatic heterocycles. The number of halogens is 1. The SMILES string of the molecule is CN(C)c1ccc(NC2CCS(=O)(=O)C2)cc1Cl. The van der Waals surface area contributed by atoms with Gasteiger partial charge < -0.3 is 10.2 Å². The molecule has 1 unspecified atom stereocenters. The molecule has 1 aliphatic heterocycles. The van der Waals surface area contributed by atoms with Gasteiger partial charge in [0.1, 0.15) is 0 Å². The van der Waals surface area contributed by atoms with E-state index >= 15 is 0 Å². The summed E-state index contributed by atoms with van der Waals surface area (Å²) in [6.07, 6.45) is 0.662. The van der Waals surface area contributed by atoms with Gasteiger partial charge in [0.2, 0.25) is 0 Å². The molecule has 100 valence electrons. The van der Waals surface area contributed by atoms with E-state index in [1.165, 1.54) is 0 Å². The molecule has 1 aromatic rings. The lowest BCUT2D eigenvalue weighted by Gasteiger charge is -2.17. The zero-order valence-electron chi connectivity index (χ0n) is 10.5. The molecule has 0 amide bonds. The number of benzene rings is 1. The second-order valence-electron chi connectivity index (χ2n) is 4.80. The first-order valence-corrected chi connectivity index (χ1v) is 8.01. The summed E-state index contributed by atoms with van der Waals surface area (Å²) >= 11 is 6.17. The Morgan fingerprint density at radius 2 is 2.11 bits per heavy atom. The topological polar surface area (TPSA) is 49.4 Å². The van der Waals surface area contributed by atoms with Crippen LogP contribution in [0.25, 0.3) is 0 Å². The van der Waals surface area contributed by atoms with E-state index in [0.29, 0.717) is 11.4 Å². The van der Waals surface area contributed by atoms with Gasteiger partial charge in [-0.2, -0.15) is 0 Å². The van der Waals surface area contributed by atoms with E-state index in [1.54, 1.807) is 0 Å². The smallest absolute Gasteiger partial charge is 0.152 e. The van der Waals surface area contributed by atoms with E-state index in [0.717, 1.165) is 11.4 Å². The van der Waals surface area contributed by atoms with Crippen molar-refractivity contribution in [2.45, 2.75) is 12.5 Å². The van der Waals surface area contributed by atoms with E-state index in [9.17, 15) is 8.42 Å². The van der Waals surface area contributed by atoms with Crippen LogP contribution in [0.15, 0.2) is 18.2 Å². The molecular formula is C12H17ClN2O2S. The molecule has 1 atom stereocenters. The average Bonchev–Trinajstić information content (AvgIpc) is 2.57. The van der Waals surface area contributed by atoms with Crippen LogP contribution in [0.4, 0.5) is 11.4 Å². The highest BCUT2D eigenvalue weighted by molar-refractivity contribution is 7.91. The van der Waals surface area contributed by atoms with Crippen LogP contribution in [-0.4, -0.2) is 40.1 Å². The fraction of sp³-hybridized carbons (Fsp3) is 0.500. The maximum atomic E-state index is 11.4. The minimum atomic E-state index is -2.85. The first-order chi connectivity index (χ1) is 8.37. The Morgan fingerprint density at radius 1 is 1.39 bits per heavy atom. The molecule has 1 fully saturated rings. The van der Waals surface area contributed by atoms with Gasteiger partial charge in [-0.05, 0) is 24.6 Å². The summed E-state index contributed by atoms with van der Waals surface area (Å²) in [5.41, 5.74) is 1.81. The van der Waals surface area contributed by atoms with Crippen LogP contribution in [0.3, 0.4) is 0 Å². The number of rotatable bonds is 3. The number of nitrogens with one attached hydrogen (secondary N) is 1. The van der Waals surface area contributed by atoms with Crippen molar-refractivity contribution in [2.75, 3.05) is 35.8 Å². The highest BCUT2D eigenvalue weighted by atomic mass is 35.5. The molecule has 1 N–H and O–H groups in total. The van der Waals surface area contributed by atoms with Crippen LogP contribution < -0.4 is 10.2 Å². The van der Waals surface area contributed by atoms with Crippen molar-refractivity contribution in [1.82, 2.24) is 0 Å². The summed E-state index contributed by atoms with van der Waals surface area (Å²) < 4.78 is 22.7. The van der Waals surface area contributed by atoms with E-state index in [2.05, 4.69) is 5.32 Å². The molecule has 0 spiro atoms. The normalized spacial score (nSPS) is 21.8. The quantitative estimate of drug-likeness (QED) is 0.924. The summed E-state index contributed by atoms with van der Waals surface area (Å²) in [6, 6.07) is 5.68. The number of hydrogen-bond acceptors (Lipinski definition) is 4. The Labute approximate surface area is 113 Å². The predicted octanol–water partition coefficient (Wildman–Crippen LogP) is 2.00. The molecule has 6 heteroatoms. The first-order valence-electron chi connectivity index (χ1n) is 5.81. The van der Waals surface area contributed by atoms with Crippen LogP contribution in [0, 0.1) is 0 Å². The Morgan fingerprint density at radius 3 is 2.61 bits per heavy atom. The predicted molar refractivity (Wildman–Crippen MR) is 76.5 cm³/mol. The summed E-state index contributed by atoms with van der Waals surface area (Å²) in [5.74, 6) is 0.480. The van der Waals surface area contributed by atoms with Gasteiger partial charge in [-0.25, -0.2) is 8.42 Å². The van der Waals surface area contributed by atoms with Gasteiger partial charge in [-0.1, -0.05) is 11.6 Å². The Balaban J connectivity index is 2.09. The Kier molecular flexibility index (Phi) is 3.73. The van der Waals surface area contributed by atoms with Gasteiger partial charge in [-0.15, -0.1) is 0 Å². The van der Waals surface area contributed by atoms with Crippen molar-refractivity contribution < 1.29 is 8.42 Å². The summed E-state index contributed by atoms with van der Waals surface area (Å²) in [4.78, 5) is 1.94. The number of nitrogens with zero attached hydrogens (tertiary/aromatic N) is 1. The van der Waals surface area contributed by atoms with Crippen LogP contribution >= 0.6 is 11.6 Å². The summed E-state index contributed by atoms with van der Waals surface area (Å²) in [7, 11) is 1.01. The van der Waals surface area contributed by atoms with Gasteiger partial charge in [-0.3, -0.25) is 0 Å². The summed E-state index contributed by atoms with van der Waals surface area (Å²) in [6.45, 7) is 0. The molecule has 0 bridgehead atoms. The van der Waals surface area contributed by atoms with Gasteiger partial charge in [0.25, 0.3) is 0 Å². The van der Waals surface area contributed by atoms with E-state index in [-0.39, 0.29) is 17.5 Å². The third-order valence-corrected chi connectivity index (χ3v) is 5.10. The van der Waals surface area contributed by atoms with Crippen molar-refractivity contribution >= 4 is 32.8 Å². The molecule has 0 aliphatic carbocycles. The Hall–Kier alpha value is -0.940. The maximum absolute atomic E-state index is 11.4. The third kappa shape index (κ3) is 3.09. The number of sulfone groups is 1. The second kappa shape index (κ2) is 4.97. The average molecular weight is 289 g/mol. The van der Waals surface area contributed by atoms with Crippen LogP contribution in [0.2, 0.25) is 5.02 Å². The van der Waals surface area contributed by atoms with Crippen LogP contribution in [0.1, 0.15) is 6.42 Å². The fourth-order valence-electron chi connectivity index (χ4n) is 2.10. The highest BCUT2D eigenvalue weighted by Gasteiger charge is 2.27. The lowest BCUT2D eigenvalue weighted by molar-refractivity contribution is 0.602. The monoisotopic (exact) mass is 288 g/mol.